The highest BCUT2D eigenvalue weighted by molar-refractivity contribution is 6.31. The van der Waals surface area contributed by atoms with Crippen LogP contribution in [-0.2, 0) is 13.2 Å². The molecule has 2 aromatic carbocycles. The van der Waals surface area contributed by atoms with Crippen LogP contribution in [-0.4, -0.2) is 18.9 Å². The molecule has 7 heteroatoms. The van der Waals surface area contributed by atoms with Crippen LogP contribution in [0.4, 0.5) is 0 Å². The van der Waals surface area contributed by atoms with Crippen molar-refractivity contribution in [3.05, 3.63) is 106 Å². The van der Waals surface area contributed by atoms with Gasteiger partial charge in [-0.2, -0.15) is 0 Å². The van der Waals surface area contributed by atoms with E-state index in [1.54, 1.807) is 22.8 Å². The smallest absolute Gasteiger partial charge is 0.261 e. The van der Waals surface area contributed by atoms with Crippen LogP contribution in [0.1, 0.15) is 23.5 Å². The SMILES string of the molecule is O=c1c2cc(Cl)ccc2nc2n1CC/C2=C\c1ccc(OCc2cn3ccccc3n2)cc1. The zero-order valence-corrected chi connectivity index (χ0v) is 18.4. The highest BCUT2D eigenvalue weighted by atomic mass is 35.5. The summed E-state index contributed by atoms with van der Waals surface area (Å²) in [4.78, 5) is 22.2. The van der Waals surface area contributed by atoms with Gasteiger partial charge < -0.3 is 9.14 Å². The van der Waals surface area contributed by atoms with Gasteiger partial charge in [-0.25, -0.2) is 9.97 Å². The van der Waals surface area contributed by atoms with Gasteiger partial charge in [0.15, 0.2) is 0 Å². The van der Waals surface area contributed by atoms with Crippen LogP contribution < -0.4 is 10.3 Å². The maximum Gasteiger partial charge on any atom is 0.261 e. The molecule has 0 aliphatic carbocycles. The average Bonchev–Trinajstić information content (AvgIpc) is 3.43. The van der Waals surface area contributed by atoms with E-state index in [4.69, 9.17) is 21.3 Å². The molecule has 0 amide bonds. The number of imidazole rings is 1. The Kier molecular flexibility index (Phi) is 4.73. The highest BCUT2D eigenvalue weighted by Crippen LogP contribution is 2.28. The van der Waals surface area contributed by atoms with E-state index in [1.807, 2.05) is 59.3 Å². The van der Waals surface area contributed by atoms with Gasteiger partial charge in [-0.1, -0.05) is 29.8 Å². The van der Waals surface area contributed by atoms with Crippen molar-refractivity contribution in [3.63, 3.8) is 0 Å². The van der Waals surface area contributed by atoms with E-state index in [9.17, 15) is 4.79 Å². The third-order valence-corrected chi connectivity index (χ3v) is 6.06. The number of halogens is 1. The van der Waals surface area contributed by atoms with Crippen molar-refractivity contribution < 1.29 is 4.74 Å². The third kappa shape index (κ3) is 3.68. The molecule has 1 aliphatic heterocycles. The number of hydrogen-bond donors (Lipinski definition) is 0. The van der Waals surface area contributed by atoms with E-state index in [0.29, 0.717) is 29.1 Å². The molecule has 0 fully saturated rings. The van der Waals surface area contributed by atoms with Crippen molar-refractivity contribution in [3.8, 4) is 5.75 Å². The molecular weight excluding hydrogens is 436 g/mol. The van der Waals surface area contributed by atoms with E-state index >= 15 is 0 Å². The molecule has 33 heavy (non-hydrogen) atoms. The van der Waals surface area contributed by atoms with Crippen LogP contribution in [0.25, 0.3) is 28.2 Å². The molecule has 6 rings (SSSR count). The van der Waals surface area contributed by atoms with E-state index in [2.05, 4.69) is 11.1 Å². The molecule has 1 aliphatic rings. The zero-order valence-electron chi connectivity index (χ0n) is 17.6. The Bertz CT molecular complexity index is 1570. The quantitative estimate of drug-likeness (QED) is 0.373. The molecule has 4 heterocycles. The minimum atomic E-state index is -0.0448. The van der Waals surface area contributed by atoms with Gasteiger partial charge in [0.05, 0.1) is 16.6 Å². The molecule has 0 N–H and O–H groups in total. The van der Waals surface area contributed by atoms with Crippen LogP contribution in [0.5, 0.6) is 5.75 Å². The largest absolute Gasteiger partial charge is 0.487 e. The lowest BCUT2D eigenvalue weighted by atomic mass is 10.1. The van der Waals surface area contributed by atoms with E-state index in [0.717, 1.165) is 40.5 Å². The Hall–Kier alpha value is -3.90. The van der Waals surface area contributed by atoms with Crippen molar-refractivity contribution >= 4 is 39.8 Å². The summed E-state index contributed by atoms with van der Waals surface area (Å²) in [5, 5.41) is 1.10. The highest BCUT2D eigenvalue weighted by Gasteiger charge is 2.21. The Morgan fingerprint density at radius 2 is 1.94 bits per heavy atom. The van der Waals surface area contributed by atoms with E-state index in [1.165, 1.54) is 0 Å². The molecule has 0 bridgehead atoms. The average molecular weight is 455 g/mol. The fraction of sp³-hybridized carbons (Fsp3) is 0.115. The topological polar surface area (TPSA) is 61.4 Å². The number of fused-ring (bicyclic) bond motifs is 3. The molecule has 0 saturated heterocycles. The van der Waals surface area contributed by atoms with Crippen LogP contribution >= 0.6 is 11.6 Å². The number of pyridine rings is 1. The second-order valence-electron chi connectivity index (χ2n) is 8.03. The minimum Gasteiger partial charge on any atom is -0.487 e. The molecule has 0 radical (unpaired) electrons. The number of hydrogen-bond acceptors (Lipinski definition) is 4. The summed E-state index contributed by atoms with van der Waals surface area (Å²) in [5.41, 5.74) is 4.47. The maximum atomic E-state index is 12.9. The Balaban J connectivity index is 1.22. The number of aromatic nitrogens is 4. The third-order valence-electron chi connectivity index (χ3n) is 5.83. The van der Waals surface area contributed by atoms with Crippen molar-refractivity contribution in [2.45, 2.75) is 19.6 Å². The van der Waals surface area contributed by atoms with Crippen LogP contribution in [0.15, 0.2) is 77.9 Å². The monoisotopic (exact) mass is 454 g/mol. The molecule has 0 saturated carbocycles. The first-order valence-electron chi connectivity index (χ1n) is 10.7. The summed E-state index contributed by atoms with van der Waals surface area (Å²) >= 11 is 6.06. The van der Waals surface area contributed by atoms with Crippen molar-refractivity contribution in [1.29, 1.82) is 0 Å². The normalized spacial score (nSPS) is 14.3. The standard InChI is InChI=1S/C26H19ClN4O2/c27-19-6-9-23-22(14-19)26(32)31-12-10-18(25(31)29-23)13-17-4-7-21(8-5-17)33-16-20-15-30-11-2-1-3-24(30)28-20/h1-9,11,13-15H,10,12,16H2/b18-13+. The molecular formula is C26H19ClN4O2. The second-order valence-corrected chi connectivity index (χ2v) is 8.47. The number of rotatable bonds is 4. The number of benzene rings is 2. The lowest BCUT2D eigenvalue weighted by Gasteiger charge is -2.06. The first kappa shape index (κ1) is 19.8. The molecule has 0 unspecified atom stereocenters. The van der Waals surface area contributed by atoms with E-state index < -0.39 is 0 Å². The lowest BCUT2D eigenvalue weighted by Crippen LogP contribution is -2.20. The predicted octanol–water partition coefficient (Wildman–Crippen LogP) is 5.22. The maximum absolute atomic E-state index is 12.9. The Morgan fingerprint density at radius 1 is 1.06 bits per heavy atom. The summed E-state index contributed by atoms with van der Waals surface area (Å²) in [6, 6.07) is 19.1. The first-order valence-corrected chi connectivity index (χ1v) is 11.1. The predicted molar refractivity (Wildman–Crippen MR) is 129 cm³/mol. The number of allylic oxidation sites excluding steroid dienone is 1. The zero-order chi connectivity index (χ0) is 22.4. The van der Waals surface area contributed by atoms with Crippen LogP contribution in [0.3, 0.4) is 0 Å². The number of nitrogens with zero attached hydrogens (tertiary/aromatic N) is 4. The fourth-order valence-corrected chi connectivity index (χ4v) is 4.37. The summed E-state index contributed by atoms with van der Waals surface area (Å²) in [7, 11) is 0. The fourth-order valence-electron chi connectivity index (χ4n) is 4.20. The van der Waals surface area contributed by atoms with Gasteiger partial charge >= 0.3 is 0 Å². The van der Waals surface area contributed by atoms with Crippen molar-refractivity contribution in [2.24, 2.45) is 0 Å². The lowest BCUT2D eigenvalue weighted by molar-refractivity contribution is 0.302. The summed E-state index contributed by atoms with van der Waals surface area (Å²) in [6.45, 7) is 1.02. The molecule has 3 aromatic heterocycles. The molecule has 5 aromatic rings. The van der Waals surface area contributed by atoms with Gasteiger partial charge in [-0.15, -0.1) is 0 Å². The van der Waals surface area contributed by atoms with Gasteiger partial charge in [0.1, 0.15) is 23.8 Å². The second kappa shape index (κ2) is 7.90. The van der Waals surface area contributed by atoms with Gasteiger partial charge in [-0.3, -0.25) is 9.36 Å². The summed E-state index contributed by atoms with van der Waals surface area (Å²) in [5.74, 6) is 1.50. The Labute approximate surface area is 194 Å². The van der Waals surface area contributed by atoms with E-state index in [-0.39, 0.29) is 5.56 Å². The Morgan fingerprint density at radius 3 is 2.79 bits per heavy atom. The van der Waals surface area contributed by atoms with Gasteiger partial charge in [0, 0.05) is 24.0 Å². The summed E-state index contributed by atoms with van der Waals surface area (Å²) < 4.78 is 9.62. The summed E-state index contributed by atoms with van der Waals surface area (Å²) in [6.07, 6.45) is 6.78. The van der Waals surface area contributed by atoms with Crippen LogP contribution in [0.2, 0.25) is 5.02 Å². The minimum absolute atomic E-state index is 0.0448. The molecule has 0 spiro atoms. The number of ether oxygens (including phenoxy) is 1. The van der Waals surface area contributed by atoms with Gasteiger partial charge in [0.25, 0.3) is 5.56 Å². The first-order chi connectivity index (χ1) is 16.1. The molecule has 6 nitrogen and oxygen atoms in total. The molecule has 0 atom stereocenters. The van der Waals surface area contributed by atoms with Crippen molar-refractivity contribution in [1.82, 2.24) is 18.9 Å². The van der Waals surface area contributed by atoms with Gasteiger partial charge in [-0.05, 0) is 66.1 Å². The molecule has 162 valence electrons. The van der Waals surface area contributed by atoms with Crippen molar-refractivity contribution in [2.75, 3.05) is 0 Å². The van der Waals surface area contributed by atoms with Gasteiger partial charge in [0.2, 0.25) is 0 Å². The van der Waals surface area contributed by atoms with Crippen LogP contribution in [0, 0.1) is 0 Å².